The van der Waals surface area contributed by atoms with Crippen LogP contribution in [0.3, 0.4) is 0 Å². The normalized spacial score (nSPS) is 20.1. The third-order valence-electron chi connectivity index (χ3n) is 5.66. The van der Waals surface area contributed by atoms with Gasteiger partial charge >= 0.3 is 0 Å². The third-order valence-corrected chi connectivity index (χ3v) is 5.66. The van der Waals surface area contributed by atoms with E-state index in [9.17, 15) is 4.79 Å². The second-order valence-corrected chi connectivity index (χ2v) is 7.68. The highest BCUT2D eigenvalue weighted by Crippen LogP contribution is 2.21. The number of carbonyl (C=O) groups excluding carboxylic acids is 1. The first-order valence-electron chi connectivity index (χ1n) is 10.00. The van der Waals surface area contributed by atoms with Crippen molar-refractivity contribution in [1.29, 1.82) is 0 Å². The molecule has 0 saturated carbocycles. The van der Waals surface area contributed by atoms with E-state index in [4.69, 9.17) is 0 Å². The minimum atomic E-state index is 0.143. The summed E-state index contributed by atoms with van der Waals surface area (Å²) >= 11 is 0. The van der Waals surface area contributed by atoms with Gasteiger partial charge in [0.05, 0.1) is 6.54 Å². The first-order chi connectivity index (χ1) is 13.3. The van der Waals surface area contributed by atoms with E-state index in [1.54, 1.807) is 0 Å². The van der Waals surface area contributed by atoms with Crippen LogP contribution in [-0.4, -0.2) is 48.5 Å². The summed E-state index contributed by atoms with van der Waals surface area (Å²) in [4.78, 5) is 21.5. The first kappa shape index (κ1) is 18.0. The van der Waals surface area contributed by atoms with Gasteiger partial charge in [-0.15, -0.1) is 0 Å². The number of nitrogens with one attached hydrogen (secondary N) is 1. The van der Waals surface area contributed by atoms with Gasteiger partial charge in [-0.25, -0.2) is 4.98 Å². The SMILES string of the molecule is O=C(CN1CCc2ccccc2C1)NC[C@H]1CCCN(c2ccccn2)C1. The van der Waals surface area contributed by atoms with E-state index < -0.39 is 0 Å². The Labute approximate surface area is 161 Å². The third kappa shape index (κ3) is 4.66. The Morgan fingerprint density at radius 2 is 1.96 bits per heavy atom. The molecular weight excluding hydrogens is 336 g/mol. The van der Waals surface area contributed by atoms with E-state index >= 15 is 0 Å². The fraction of sp³-hybridized carbons (Fsp3) is 0.455. The average Bonchev–Trinajstić information content (AvgIpc) is 2.73. The lowest BCUT2D eigenvalue weighted by atomic mass is 9.98. The lowest BCUT2D eigenvalue weighted by molar-refractivity contribution is -0.122. The number of nitrogens with zero attached hydrogens (tertiary/aromatic N) is 3. The molecule has 1 atom stereocenters. The molecule has 2 aliphatic heterocycles. The van der Waals surface area contributed by atoms with Gasteiger partial charge in [-0.05, 0) is 48.4 Å². The molecule has 1 amide bonds. The van der Waals surface area contributed by atoms with E-state index in [0.29, 0.717) is 12.5 Å². The van der Waals surface area contributed by atoms with E-state index in [0.717, 1.165) is 51.4 Å². The number of hydrogen-bond acceptors (Lipinski definition) is 4. The van der Waals surface area contributed by atoms with Crippen molar-refractivity contribution < 1.29 is 4.79 Å². The second-order valence-electron chi connectivity index (χ2n) is 7.68. The highest BCUT2D eigenvalue weighted by molar-refractivity contribution is 5.78. The Bertz CT molecular complexity index is 764. The molecule has 3 heterocycles. The van der Waals surface area contributed by atoms with Gasteiger partial charge in [-0.1, -0.05) is 30.3 Å². The molecule has 1 aromatic carbocycles. The molecule has 0 radical (unpaired) electrons. The van der Waals surface area contributed by atoms with Gasteiger partial charge in [0.2, 0.25) is 5.91 Å². The molecule has 27 heavy (non-hydrogen) atoms. The fourth-order valence-corrected chi connectivity index (χ4v) is 4.19. The summed E-state index contributed by atoms with van der Waals surface area (Å²) in [6, 6.07) is 14.6. The van der Waals surface area contributed by atoms with Crippen LogP contribution in [0.2, 0.25) is 0 Å². The van der Waals surface area contributed by atoms with Crippen molar-refractivity contribution in [1.82, 2.24) is 15.2 Å². The molecule has 5 nitrogen and oxygen atoms in total. The maximum absolute atomic E-state index is 12.4. The van der Waals surface area contributed by atoms with Gasteiger partial charge in [-0.2, -0.15) is 0 Å². The smallest absolute Gasteiger partial charge is 0.234 e. The minimum absolute atomic E-state index is 0.143. The molecule has 5 heteroatoms. The molecule has 0 bridgehead atoms. The molecule has 1 aromatic heterocycles. The molecule has 1 fully saturated rings. The number of piperidine rings is 1. The summed E-state index contributed by atoms with van der Waals surface area (Å²) in [5.74, 6) is 1.68. The van der Waals surface area contributed by atoms with Gasteiger partial charge < -0.3 is 10.2 Å². The van der Waals surface area contributed by atoms with Crippen molar-refractivity contribution in [2.45, 2.75) is 25.8 Å². The van der Waals surface area contributed by atoms with Crippen molar-refractivity contribution in [3.8, 4) is 0 Å². The highest BCUT2D eigenvalue weighted by atomic mass is 16.2. The molecule has 4 rings (SSSR count). The Morgan fingerprint density at radius 1 is 1.11 bits per heavy atom. The van der Waals surface area contributed by atoms with E-state index in [1.807, 2.05) is 18.3 Å². The Hall–Kier alpha value is -2.40. The first-order valence-corrected chi connectivity index (χ1v) is 10.00. The van der Waals surface area contributed by atoms with E-state index in [-0.39, 0.29) is 5.91 Å². The lowest BCUT2D eigenvalue weighted by Gasteiger charge is -2.34. The summed E-state index contributed by atoms with van der Waals surface area (Å²) in [7, 11) is 0. The van der Waals surface area contributed by atoms with Crippen LogP contribution in [0.25, 0.3) is 0 Å². The maximum atomic E-state index is 12.4. The number of anilines is 1. The standard InChI is InChI=1S/C22H28N4O/c27-22(17-25-13-10-19-7-1-2-8-20(19)16-25)24-14-18-6-5-12-26(15-18)21-9-3-4-11-23-21/h1-4,7-9,11,18H,5-6,10,12-17H2,(H,24,27)/t18-/m1/s1. The number of pyridine rings is 1. The molecule has 142 valence electrons. The van der Waals surface area contributed by atoms with Crippen LogP contribution in [0, 0.1) is 5.92 Å². The second kappa shape index (κ2) is 8.53. The quantitative estimate of drug-likeness (QED) is 0.885. The largest absolute Gasteiger partial charge is 0.356 e. The van der Waals surface area contributed by atoms with Crippen molar-refractivity contribution in [3.63, 3.8) is 0 Å². The van der Waals surface area contributed by atoms with Crippen LogP contribution in [-0.2, 0) is 17.8 Å². The van der Waals surface area contributed by atoms with Crippen LogP contribution in [0.4, 0.5) is 5.82 Å². The van der Waals surface area contributed by atoms with Crippen LogP contribution in [0.5, 0.6) is 0 Å². The van der Waals surface area contributed by atoms with Crippen LogP contribution >= 0.6 is 0 Å². The summed E-state index contributed by atoms with van der Waals surface area (Å²) in [6.07, 6.45) is 5.20. The molecule has 2 aromatic rings. The van der Waals surface area contributed by atoms with Crippen LogP contribution in [0.15, 0.2) is 48.7 Å². The van der Waals surface area contributed by atoms with Crippen LogP contribution < -0.4 is 10.2 Å². The van der Waals surface area contributed by atoms with Crippen LogP contribution in [0.1, 0.15) is 24.0 Å². The van der Waals surface area contributed by atoms with Gasteiger partial charge in [-0.3, -0.25) is 9.69 Å². The Kier molecular flexibility index (Phi) is 5.68. The fourth-order valence-electron chi connectivity index (χ4n) is 4.19. The molecule has 0 aliphatic carbocycles. The highest BCUT2D eigenvalue weighted by Gasteiger charge is 2.22. The Morgan fingerprint density at radius 3 is 2.81 bits per heavy atom. The lowest BCUT2D eigenvalue weighted by Crippen LogP contribution is -2.44. The summed E-state index contributed by atoms with van der Waals surface area (Å²) in [6.45, 7) is 5.10. The molecule has 0 spiro atoms. The van der Waals surface area contributed by atoms with Crippen molar-refractivity contribution >= 4 is 11.7 Å². The van der Waals surface area contributed by atoms with Crippen molar-refractivity contribution in [2.75, 3.05) is 37.6 Å². The zero-order valence-electron chi connectivity index (χ0n) is 15.8. The number of carbonyl (C=O) groups is 1. The summed E-state index contributed by atoms with van der Waals surface area (Å²) < 4.78 is 0. The van der Waals surface area contributed by atoms with E-state index in [2.05, 4.69) is 50.4 Å². The van der Waals surface area contributed by atoms with Gasteiger partial charge in [0.1, 0.15) is 5.82 Å². The predicted molar refractivity (Wildman–Crippen MR) is 108 cm³/mol. The predicted octanol–water partition coefficient (Wildman–Crippen LogP) is 2.47. The van der Waals surface area contributed by atoms with Gasteiger partial charge in [0.25, 0.3) is 0 Å². The van der Waals surface area contributed by atoms with Gasteiger partial charge in [0, 0.05) is 38.9 Å². The van der Waals surface area contributed by atoms with Gasteiger partial charge in [0.15, 0.2) is 0 Å². The van der Waals surface area contributed by atoms with Crippen molar-refractivity contribution in [3.05, 3.63) is 59.8 Å². The molecular formula is C22H28N4O. The zero-order valence-corrected chi connectivity index (χ0v) is 15.8. The van der Waals surface area contributed by atoms with E-state index in [1.165, 1.54) is 17.5 Å². The minimum Gasteiger partial charge on any atom is -0.356 e. The maximum Gasteiger partial charge on any atom is 0.234 e. The molecule has 1 saturated heterocycles. The molecule has 1 N–H and O–H groups in total. The number of rotatable bonds is 5. The zero-order chi connectivity index (χ0) is 18.5. The molecule has 0 unspecified atom stereocenters. The summed E-state index contributed by atoms with van der Waals surface area (Å²) in [5.41, 5.74) is 2.78. The number of hydrogen-bond donors (Lipinski definition) is 1. The number of fused-ring (bicyclic) bond motifs is 1. The average molecular weight is 364 g/mol. The summed E-state index contributed by atoms with van der Waals surface area (Å²) in [5, 5.41) is 3.17. The number of benzene rings is 1. The molecule has 2 aliphatic rings. The monoisotopic (exact) mass is 364 g/mol. The topological polar surface area (TPSA) is 48.5 Å². The number of aromatic nitrogens is 1. The number of amides is 1. The van der Waals surface area contributed by atoms with Crippen molar-refractivity contribution in [2.24, 2.45) is 5.92 Å². The Balaban J connectivity index is 1.24.